The first-order valence-corrected chi connectivity index (χ1v) is 8.97. The second-order valence-corrected chi connectivity index (χ2v) is 6.87. The quantitative estimate of drug-likeness (QED) is 0.365. The first-order valence-electron chi connectivity index (χ1n) is 8.59. The van der Waals surface area contributed by atoms with Gasteiger partial charge >= 0.3 is 0 Å². The molecule has 0 aliphatic carbocycles. The van der Waals surface area contributed by atoms with Gasteiger partial charge < -0.3 is 4.57 Å². The fourth-order valence-electron chi connectivity index (χ4n) is 3.33. The molecule has 4 aromatic rings. The summed E-state index contributed by atoms with van der Waals surface area (Å²) in [4.78, 5) is 4.69. The average molecular weight is 359 g/mol. The average Bonchev–Trinajstić information content (AvgIpc) is 2.93. The Kier molecular flexibility index (Phi) is 4.36. The van der Waals surface area contributed by atoms with E-state index in [4.69, 9.17) is 11.6 Å². The van der Waals surface area contributed by atoms with E-state index in [0.29, 0.717) is 0 Å². The van der Waals surface area contributed by atoms with Crippen LogP contribution in [-0.4, -0.2) is 10.8 Å². The van der Waals surface area contributed by atoms with Crippen LogP contribution in [0.2, 0.25) is 5.02 Å². The molecule has 0 unspecified atom stereocenters. The minimum absolute atomic E-state index is 0.737. The van der Waals surface area contributed by atoms with E-state index in [1.807, 2.05) is 24.4 Å². The summed E-state index contributed by atoms with van der Waals surface area (Å²) in [7, 11) is 0. The van der Waals surface area contributed by atoms with Crippen molar-refractivity contribution < 1.29 is 0 Å². The van der Waals surface area contributed by atoms with Crippen molar-refractivity contribution in [2.75, 3.05) is 0 Å². The SMILES string of the molecule is Cc1cc(C=Nc2ccc3ccccc3c2)c(C)n1-c1cccc(Cl)c1. The van der Waals surface area contributed by atoms with Crippen LogP contribution in [0.15, 0.2) is 77.8 Å². The molecule has 0 saturated carbocycles. The van der Waals surface area contributed by atoms with Gasteiger partial charge in [0, 0.05) is 33.9 Å². The lowest BCUT2D eigenvalue weighted by Crippen LogP contribution is -1.99. The molecule has 0 radical (unpaired) electrons. The van der Waals surface area contributed by atoms with Crippen molar-refractivity contribution in [3.8, 4) is 5.69 Å². The van der Waals surface area contributed by atoms with Crippen LogP contribution < -0.4 is 0 Å². The molecule has 1 aromatic heterocycles. The summed E-state index contributed by atoms with van der Waals surface area (Å²) in [5.41, 5.74) is 5.43. The van der Waals surface area contributed by atoms with Crippen LogP contribution in [0, 0.1) is 13.8 Å². The molecule has 3 aromatic carbocycles. The molecule has 0 saturated heterocycles. The molecule has 0 aliphatic rings. The number of aromatic nitrogens is 1. The Morgan fingerprint density at radius 3 is 2.46 bits per heavy atom. The molecule has 1 heterocycles. The van der Waals surface area contributed by atoms with Gasteiger partial charge in [-0.2, -0.15) is 0 Å². The normalized spacial score (nSPS) is 11.5. The highest BCUT2D eigenvalue weighted by Gasteiger charge is 2.09. The Hall–Kier alpha value is -2.84. The van der Waals surface area contributed by atoms with Gasteiger partial charge in [-0.25, -0.2) is 0 Å². The molecule has 3 heteroatoms. The van der Waals surface area contributed by atoms with Gasteiger partial charge in [-0.3, -0.25) is 4.99 Å². The largest absolute Gasteiger partial charge is 0.318 e. The van der Waals surface area contributed by atoms with E-state index < -0.39 is 0 Å². The Morgan fingerprint density at radius 2 is 1.65 bits per heavy atom. The van der Waals surface area contributed by atoms with Crippen molar-refractivity contribution in [3.05, 3.63) is 94.8 Å². The van der Waals surface area contributed by atoms with E-state index in [2.05, 4.69) is 78.0 Å². The lowest BCUT2D eigenvalue weighted by Gasteiger charge is -2.09. The van der Waals surface area contributed by atoms with Crippen LogP contribution >= 0.6 is 11.6 Å². The van der Waals surface area contributed by atoms with Crippen LogP contribution in [0.1, 0.15) is 17.0 Å². The van der Waals surface area contributed by atoms with Gasteiger partial charge in [-0.1, -0.05) is 48.0 Å². The molecule has 0 fully saturated rings. The molecule has 0 atom stereocenters. The smallest absolute Gasteiger partial charge is 0.0636 e. The fourth-order valence-corrected chi connectivity index (χ4v) is 3.52. The predicted molar refractivity (Wildman–Crippen MR) is 111 cm³/mol. The van der Waals surface area contributed by atoms with E-state index in [1.54, 1.807) is 0 Å². The fraction of sp³-hybridized carbons (Fsp3) is 0.0870. The molecule has 0 aliphatic heterocycles. The topological polar surface area (TPSA) is 17.3 Å². The third-order valence-electron chi connectivity index (χ3n) is 4.62. The van der Waals surface area contributed by atoms with Crippen LogP contribution in [0.5, 0.6) is 0 Å². The number of halogens is 1. The molecular weight excluding hydrogens is 340 g/mol. The van der Waals surface area contributed by atoms with Gasteiger partial charge in [0.1, 0.15) is 0 Å². The Morgan fingerprint density at radius 1 is 0.846 bits per heavy atom. The van der Waals surface area contributed by atoms with Crippen molar-refractivity contribution in [2.45, 2.75) is 13.8 Å². The standard InChI is InChI=1S/C23H19ClN2/c1-16-12-20(17(2)26(16)23-9-5-8-21(24)14-23)15-25-22-11-10-18-6-3-4-7-19(18)13-22/h3-15H,1-2H3. The number of benzene rings is 3. The summed E-state index contributed by atoms with van der Waals surface area (Å²) < 4.78 is 2.20. The first kappa shape index (κ1) is 16.6. The van der Waals surface area contributed by atoms with Crippen LogP contribution in [0.3, 0.4) is 0 Å². The van der Waals surface area contributed by atoms with E-state index in [1.165, 1.54) is 10.8 Å². The second-order valence-electron chi connectivity index (χ2n) is 6.43. The molecular formula is C23H19ClN2. The van der Waals surface area contributed by atoms with Gasteiger partial charge in [-0.15, -0.1) is 0 Å². The second kappa shape index (κ2) is 6.81. The summed E-state index contributed by atoms with van der Waals surface area (Å²) >= 11 is 6.16. The van der Waals surface area contributed by atoms with Gasteiger partial charge in [0.15, 0.2) is 0 Å². The zero-order valence-electron chi connectivity index (χ0n) is 14.8. The van der Waals surface area contributed by atoms with Gasteiger partial charge in [0.25, 0.3) is 0 Å². The molecule has 4 rings (SSSR count). The highest BCUT2D eigenvalue weighted by Crippen LogP contribution is 2.24. The summed E-state index contributed by atoms with van der Waals surface area (Å²) in [6.45, 7) is 4.21. The number of nitrogens with zero attached hydrogens (tertiary/aromatic N) is 2. The molecule has 128 valence electrons. The maximum Gasteiger partial charge on any atom is 0.0636 e. The molecule has 0 spiro atoms. The number of hydrogen-bond acceptors (Lipinski definition) is 1. The zero-order chi connectivity index (χ0) is 18.1. The van der Waals surface area contributed by atoms with Crippen molar-refractivity contribution in [2.24, 2.45) is 4.99 Å². The number of aliphatic imine (C=N–C) groups is 1. The Bertz CT molecular complexity index is 1120. The van der Waals surface area contributed by atoms with Crippen molar-refractivity contribution in [1.82, 2.24) is 4.57 Å². The van der Waals surface area contributed by atoms with Crippen molar-refractivity contribution >= 4 is 34.3 Å². The number of aryl methyl sites for hydroxylation is 1. The van der Waals surface area contributed by atoms with E-state index in [9.17, 15) is 0 Å². The third-order valence-corrected chi connectivity index (χ3v) is 4.86. The highest BCUT2D eigenvalue weighted by atomic mass is 35.5. The van der Waals surface area contributed by atoms with Crippen LogP contribution in [0.25, 0.3) is 16.5 Å². The van der Waals surface area contributed by atoms with E-state index in [-0.39, 0.29) is 0 Å². The van der Waals surface area contributed by atoms with Crippen LogP contribution in [-0.2, 0) is 0 Å². The number of fused-ring (bicyclic) bond motifs is 1. The molecule has 0 N–H and O–H groups in total. The lowest BCUT2D eigenvalue weighted by atomic mass is 10.1. The number of rotatable bonds is 3. The van der Waals surface area contributed by atoms with Gasteiger partial charge in [0.05, 0.1) is 5.69 Å². The lowest BCUT2D eigenvalue weighted by molar-refractivity contribution is 0.965. The molecule has 26 heavy (non-hydrogen) atoms. The molecule has 0 amide bonds. The summed E-state index contributed by atoms with van der Waals surface area (Å²) in [5.74, 6) is 0. The molecule has 2 nitrogen and oxygen atoms in total. The number of hydrogen-bond donors (Lipinski definition) is 0. The van der Waals surface area contributed by atoms with E-state index >= 15 is 0 Å². The highest BCUT2D eigenvalue weighted by molar-refractivity contribution is 6.30. The summed E-state index contributed by atoms with van der Waals surface area (Å²) in [5, 5.41) is 3.17. The zero-order valence-corrected chi connectivity index (χ0v) is 15.5. The minimum Gasteiger partial charge on any atom is -0.318 e. The van der Waals surface area contributed by atoms with E-state index in [0.717, 1.165) is 33.3 Å². The Labute approximate surface area is 158 Å². The van der Waals surface area contributed by atoms with Gasteiger partial charge in [-0.05, 0) is 61.0 Å². The van der Waals surface area contributed by atoms with Crippen molar-refractivity contribution in [3.63, 3.8) is 0 Å². The predicted octanol–water partition coefficient (Wildman–Crippen LogP) is 6.65. The maximum absolute atomic E-state index is 6.16. The maximum atomic E-state index is 6.16. The molecule has 0 bridgehead atoms. The monoisotopic (exact) mass is 358 g/mol. The van der Waals surface area contributed by atoms with Gasteiger partial charge in [0.2, 0.25) is 0 Å². The summed E-state index contributed by atoms with van der Waals surface area (Å²) in [6, 6.07) is 24.7. The van der Waals surface area contributed by atoms with Crippen molar-refractivity contribution in [1.29, 1.82) is 0 Å². The summed E-state index contributed by atoms with van der Waals surface area (Å²) in [6.07, 6.45) is 1.94. The first-order chi connectivity index (χ1) is 12.6. The minimum atomic E-state index is 0.737. The third kappa shape index (κ3) is 3.16. The van der Waals surface area contributed by atoms with Crippen LogP contribution in [0.4, 0.5) is 5.69 Å². The Balaban J connectivity index is 1.70.